The van der Waals surface area contributed by atoms with Crippen LogP contribution < -0.4 is 4.90 Å². The first-order valence-corrected chi connectivity index (χ1v) is 11.8. The average molecular weight is 495 g/mol. The summed E-state index contributed by atoms with van der Waals surface area (Å²) in [5, 5.41) is 12.4. The molecule has 0 atom stereocenters. The molecule has 10 heteroatoms. The Morgan fingerprint density at radius 2 is 1.76 bits per heavy atom. The van der Waals surface area contributed by atoms with Crippen molar-refractivity contribution >= 4 is 51.9 Å². The number of furan rings is 1. The van der Waals surface area contributed by atoms with Crippen molar-refractivity contribution in [3.05, 3.63) is 86.5 Å². The van der Waals surface area contributed by atoms with Gasteiger partial charge in [0.05, 0.1) is 9.83 Å². The van der Waals surface area contributed by atoms with Gasteiger partial charge in [-0.3, -0.25) is 14.9 Å². The van der Waals surface area contributed by atoms with Crippen LogP contribution in [0.5, 0.6) is 0 Å². The van der Waals surface area contributed by atoms with Crippen molar-refractivity contribution in [1.82, 2.24) is 4.90 Å². The first kappa shape index (κ1) is 22.2. The smallest absolute Gasteiger partial charge is 0.286 e. The van der Waals surface area contributed by atoms with Crippen LogP contribution in [0.3, 0.4) is 0 Å². The van der Waals surface area contributed by atoms with Gasteiger partial charge in [0.25, 0.3) is 11.6 Å². The monoisotopic (exact) mass is 494 g/mol. The van der Waals surface area contributed by atoms with Gasteiger partial charge in [-0.15, -0.1) is 0 Å². The average Bonchev–Trinajstić information content (AvgIpc) is 3.47. The molecule has 2 aliphatic heterocycles. The molecule has 1 aromatic heterocycles. The molecule has 0 unspecified atom stereocenters. The minimum Gasteiger partial charge on any atom is -0.457 e. The zero-order valence-corrected chi connectivity index (χ0v) is 19.5. The van der Waals surface area contributed by atoms with Gasteiger partial charge < -0.3 is 14.2 Å². The summed E-state index contributed by atoms with van der Waals surface area (Å²) in [6, 6.07) is 17.5. The van der Waals surface area contributed by atoms with E-state index in [2.05, 4.69) is 14.8 Å². The number of piperazine rings is 1. The number of thioether (sulfide) groups is 1. The fraction of sp³-hybridized carbons (Fsp3) is 0.167. The third kappa shape index (κ3) is 4.71. The van der Waals surface area contributed by atoms with Crippen molar-refractivity contribution in [3.8, 4) is 11.3 Å². The summed E-state index contributed by atoms with van der Waals surface area (Å²) in [6.45, 7) is 3.15. The number of amidine groups is 1. The summed E-state index contributed by atoms with van der Waals surface area (Å²) in [6.07, 6.45) is 1.66. The molecule has 0 N–H and O–H groups in total. The number of carbonyl (C=O) groups is 1. The Morgan fingerprint density at radius 1 is 1.03 bits per heavy atom. The maximum absolute atomic E-state index is 12.5. The summed E-state index contributed by atoms with van der Waals surface area (Å²) < 4.78 is 5.82. The largest absolute Gasteiger partial charge is 0.457 e. The van der Waals surface area contributed by atoms with Crippen molar-refractivity contribution in [1.29, 1.82) is 0 Å². The predicted molar refractivity (Wildman–Crippen MR) is 134 cm³/mol. The Labute approximate surface area is 204 Å². The summed E-state index contributed by atoms with van der Waals surface area (Å²) in [4.78, 5) is 32.2. The normalized spacial score (nSPS) is 17.4. The molecule has 0 spiro atoms. The summed E-state index contributed by atoms with van der Waals surface area (Å²) in [5.41, 5.74) is 1.71. The minimum absolute atomic E-state index is 0.00969. The Bertz CT molecular complexity index is 1310. The van der Waals surface area contributed by atoms with E-state index in [4.69, 9.17) is 16.0 Å². The van der Waals surface area contributed by atoms with E-state index in [1.165, 1.54) is 23.9 Å². The molecular weight excluding hydrogens is 476 g/mol. The van der Waals surface area contributed by atoms with Crippen LogP contribution >= 0.6 is 23.4 Å². The number of aliphatic imine (C=N–C) groups is 1. The number of nitrogens with zero attached hydrogens (tertiary/aromatic N) is 4. The molecular formula is C24H19ClN4O4S. The van der Waals surface area contributed by atoms with Crippen LogP contribution in [0, 0.1) is 10.1 Å². The maximum atomic E-state index is 12.5. The number of amides is 1. The summed E-state index contributed by atoms with van der Waals surface area (Å²) in [7, 11) is 0. The van der Waals surface area contributed by atoms with Crippen LogP contribution in [0.1, 0.15) is 5.76 Å². The third-order valence-electron chi connectivity index (χ3n) is 5.59. The number of hydrogen-bond donors (Lipinski definition) is 0. The Morgan fingerprint density at radius 3 is 2.50 bits per heavy atom. The third-order valence-corrected chi connectivity index (χ3v) is 6.89. The first-order chi connectivity index (χ1) is 16.5. The molecule has 1 amide bonds. The van der Waals surface area contributed by atoms with E-state index in [0.29, 0.717) is 32.2 Å². The molecule has 2 aromatic carbocycles. The van der Waals surface area contributed by atoms with Crippen LogP contribution in [0.2, 0.25) is 5.02 Å². The van der Waals surface area contributed by atoms with E-state index < -0.39 is 4.92 Å². The van der Waals surface area contributed by atoms with Gasteiger partial charge in [-0.1, -0.05) is 23.7 Å². The van der Waals surface area contributed by atoms with Crippen LogP contribution in [-0.2, 0) is 4.79 Å². The molecule has 0 aliphatic carbocycles. The molecule has 0 bridgehead atoms. The lowest BCUT2D eigenvalue weighted by Gasteiger charge is -2.36. The highest BCUT2D eigenvalue weighted by Crippen LogP contribution is 2.33. The van der Waals surface area contributed by atoms with Gasteiger partial charge in [-0.25, -0.2) is 0 Å². The molecule has 2 aliphatic rings. The van der Waals surface area contributed by atoms with Gasteiger partial charge in [0.1, 0.15) is 11.5 Å². The molecule has 172 valence electrons. The van der Waals surface area contributed by atoms with Gasteiger partial charge >= 0.3 is 0 Å². The molecule has 34 heavy (non-hydrogen) atoms. The molecule has 5 rings (SSSR count). The standard InChI is InChI=1S/C24H19ClN4O4S/c25-17-4-6-18(7-5-17)27-10-12-28(13-11-27)24-26-23(30)22(34-24)15-20-8-9-21(33-20)16-2-1-3-19(14-16)29(31)32/h1-9,14-15H,10-13H2/b22-15-. The molecule has 1 fully saturated rings. The van der Waals surface area contributed by atoms with Gasteiger partial charge in [0.15, 0.2) is 5.17 Å². The van der Waals surface area contributed by atoms with Crippen LogP contribution in [0.25, 0.3) is 17.4 Å². The van der Waals surface area contributed by atoms with E-state index in [9.17, 15) is 14.9 Å². The lowest BCUT2D eigenvalue weighted by molar-refractivity contribution is -0.384. The number of halogens is 1. The quantitative estimate of drug-likeness (QED) is 0.276. The SMILES string of the molecule is O=C1N=C(N2CCN(c3ccc(Cl)cc3)CC2)S/C1=C\c1ccc(-c2cccc([N+](=O)[O-])c2)o1. The maximum Gasteiger partial charge on any atom is 0.286 e. The van der Waals surface area contributed by atoms with Gasteiger partial charge in [-0.2, -0.15) is 4.99 Å². The van der Waals surface area contributed by atoms with Crippen LogP contribution in [0.15, 0.2) is 75.0 Å². The van der Waals surface area contributed by atoms with Gasteiger partial charge in [-0.05, 0) is 48.2 Å². The number of nitro groups is 1. The topological polar surface area (TPSA) is 92.2 Å². The van der Waals surface area contributed by atoms with Crippen molar-refractivity contribution in [3.63, 3.8) is 0 Å². The van der Waals surface area contributed by atoms with Crippen molar-refractivity contribution in [2.45, 2.75) is 0 Å². The minimum atomic E-state index is -0.447. The van der Waals surface area contributed by atoms with Crippen molar-refractivity contribution in [2.24, 2.45) is 4.99 Å². The van der Waals surface area contributed by atoms with Crippen molar-refractivity contribution in [2.75, 3.05) is 31.1 Å². The lowest BCUT2D eigenvalue weighted by Crippen LogP contribution is -2.47. The molecule has 0 radical (unpaired) electrons. The predicted octanol–water partition coefficient (Wildman–Crippen LogP) is 5.30. The number of non-ortho nitro benzene ring substituents is 1. The highest BCUT2D eigenvalue weighted by Gasteiger charge is 2.29. The van der Waals surface area contributed by atoms with E-state index >= 15 is 0 Å². The second-order valence-electron chi connectivity index (χ2n) is 7.77. The molecule has 8 nitrogen and oxygen atoms in total. The Kier molecular flexibility index (Phi) is 6.12. The van der Waals surface area contributed by atoms with E-state index in [0.717, 1.165) is 31.9 Å². The second-order valence-corrected chi connectivity index (χ2v) is 9.22. The highest BCUT2D eigenvalue weighted by atomic mass is 35.5. The summed E-state index contributed by atoms with van der Waals surface area (Å²) in [5.74, 6) is 0.681. The lowest BCUT2D eigenvalue weighted by atomic mass is 10.1. The molecule has 3 aromatic rings. The molecule has 0 saturated carbocycles. The van der Waals surface area contributed by atoms with Crippen molar-refractivity contribution < 1.29 is 14.1 Å². The summed E-state index contributed by atoms with van der Waals surface area (Å²) >= 11 is 7.31. The second kappa shape index (κ2) is 9.36. The number of benzene rings is 2. The van der Waals surface area contributed by atoms with Gasteiger partial charge in [0.2, 0.25) is 0 Å². The highest BCUT2D eigenvalue weighted by molar-refractivity contribution is 8.18. The fourth-order valence-corrected chi connectivity index (χ4v) is 4.90. The van der Waals surface area contributed by atoms with Crippen LogP contribution in [0.4, 0.5) is 11.4 Å². The molecule has 1 saturated heterocycles. The first-order valence-electron chi connectivity index (χ1n) is 10.6. The van der Waals surface area contributed by atoms with E-state index in [-0.39, 0.29) is 11.6 Å². The Hall–Kier alpha value is -3.56. The number of anilines is 1. The number of hydrogen-bond acceptors (Lipinski definition) is 7. The Balaban J connectivity index is 1.24. The van der Waals surface area contributed by atoms with E-state index in [1.807, 2.05) is 24.3 Å². The fourth-order valence-electron chi connectivity index (χ4n) is 3.83. The molecule has 3 heterocycles. The number of rotatable bonds is 4. The zero-order chi connectivity index (χ0) is 23.7. The zero-order valence-electron chi connectivity index (χ0n) is 17.9. The number of nitro benzene ring substituents is 1. The van der Waals surface area contributed by atoms with Gasteiger partial charge in [0, 0.05) is 60.7 Å². The number of carbonyl (C=O) groups excluding carboxylic acids is 1. The van der Waals surface area contributed by atoms with E-state index in [1.54, 1.807) is 30.3 Å². The van der Waals surface area contributed by atoms with Crippen LogP contribution in [-0.4, -0.2) is 47.1 Å².